The summed E-state index contributed by atoms with van der Waals surface area (Å²) in [4.78, 5) is 24.9. The van der Waals surface area contributed by atoms with Crippen molar-refractivity contribution in [2.24, 2.45) is 0 Å². The summed E-state index contributed by atoms with van der Waals surface area (Å²) in [6, 6.07) is 11.7. The lowest BCUT2D eigenvalue weighted by Gasteiger charge is -2.13. The maximum Gasteiger partial charge on any atom is 0.254 e. The molecule has 0 unspecified atom stereocenters. The van der Waals surface area contributed by atoms with Crippen LogP contribution in [0.5, 0.6) is 0 Å². The van der Waals surface area contributed by atoms with Gasteiger partial charge in [0.1, 0.15) is 5.82 Å². The first kappa shape index (κ1) is 24.2. The third kappa shape index (κ3) is 6.07. The first-order valence-electron chi connectivity index (χ1n) is 10.5. The van der Waals surface area contributed by atoms with E-state index in [-0.39, 0.29) is 23.8 Å². The Hall–Kier alpha value is -3.46. The fraction of sp³-hybridized carbons (Fsp3) is 0.250. The Morgan fingerprint density at radius 1 is 1.18 bits per heavy atom. The average molecular weight is 468 g/mol. The van der Waals surface area contributed by atoms with Gasteiger partial charge in [-0.2, -0.15) is 0 Å². The van der Waals surface area contributed by atoms with Gasteiger partial charge in [-0.05, 0) is 36.6 Å². The van der Waals surface area contributed by atoms with Gasteiger partial charge in [0.25, 0.3) is 5.91 Å². The van der Waals surface area contributed by atoms with Gasteiger partial charge in [0.15, 0.2) is 11.0 Å². The zero-order valence-corrected chi connectivity index (χ0v) is 19.4. The minimum atomic E-state index is -0.593. The highest BCUT2D eigenvalue weighted by atomic mass is 32.2. The number of aryl methyl sites for hydroxylation is 2. The Morgan fingerprint density at radius 2 is 1.97 bits per heavy atom. The Kier molecular flexibility index (Phi) is 8.37. The number of carbonyl (C=O) groups is 2. The van der Waals surface area contributed by atoms with Crippen molar-refractivity contribution in [3.05, 3.63) is 83.5 Å². The van der Waals surface area contributed by atoms with Crippen LogP contribution in [0, 0.1) is 12.7 Å². The van der Waals surface area contributed by atoms with Crippen molar-refractivity contribution in [2.45, 2.75) is 38.5 Å². The summed E-state index contributed by atoms with van der Waals surface area (Å²) in [5, 5.41) is 14.5. The van der Waals surface area contributed by atoms with E-state index < -0.39 is 11.7 Å². The van der Waals surface area contributed by atoms with Gasteiger partial charge >= 0.3 is 0 Å². The average Bonchev–Trinajstić information content (AvgIpc) is 3.19. The molecule has 0 bridgehead atoms. The largest absolute Gasteiger partial charge is 0.345 e. The van der Waals surface area contributed by atoms with E-state index in [2.05, 4.69) is 27.4 Å². The zero-order chi connectivity index (χ0) is 23.8. The Balaban J connectivity index is 1.65. The molecule has 3 rings (SSSR count). The molecule has 2 amide bonds. The third-order valence-electron chi connectivity index (χ3n) is 4.97. The smallest absolute Gasteiger partial charge is 0.254 e. The van der Waals surface area contributed by atoms with Crippen molar-refractivity contribution in [3.63, 3.8) is 0 Å². The number of anilines is 1. The van der Waals surface area contributed by atoms with Gasteiger partial charge in [0.2, 0.25) is 5.91 Å². The number of amides is 2. The first-order valence-corrected chi connectivity index (χ1v) is 11.5. The Bertz CT molecular complexity index is 1160. The van der Waals surface area contributed by atoms with E-state index in [4.69, 9.17) is 0 Å². The molecule has 0 radical (unpaired) electrons. The predicted octanol–water partition coefficient (Wildman–Crippen LogP) is 4.13. The molecule has 3 aromatic rings. The summed E-state index contributed by atoms with van der Waals surface area (Å²) in [6.07, 6.45) is 2.50. The van der Waals surface area contributed by atoms with Gasteiger partial charge in [0.05, 0.1) is 17.9 Å². The minimum absolute atomic E-state index is 0.0405. The molecule has 0 atom stereocenters. The number of carbonyl (C=O) groups excluding carboxylic acids is 2. The molecular weight excluding hydrogens is 441 g/mol. The van der Waals surface area contributed by atoms with E-state index in [1.807, 2.05) is 32.0 Å². The second-order valence-corrected chi connectivity index (χ2v) is 8.20. The van der Waals surface area contributed by atoms with E-state index in [1.165, 1.54) is 30.0 Å². The number of para-hydroxylation sites is 1. The number of thioether (sulfide) groups is 1. The summed E-state index contributed by atoms with van der Waals surface area (Å²) < 4.78 is 15.6. The molecule has 0 spiro atoms. The monoisotopic (exact) mass is 467 g/mol. The molecule has 172 valence electrons. The Labute approximate surface area is 196 Å². The molecule has 0 fully saturated rings. The number of nitrogens with one attached hydrogen (secondary N) is 2. The summed E-state index contributed by atoms with van der Waals surface area (Å²) in [6.45, 7) is 8.22. The molecule has 1 aromatic heterocycles. The van der Waals surface area contributed by atoms with Crippen LogP contribution in [-0.2, 0) is 24.3 Å². The van der Waals surface area contributed by atoms with Crippen LogP contribution in [0.4, 0.5) is 10.1 Å². The maximum atomic E-state index is 13.8. The van der Waals surface area contributed by atoms with E-state index >= 15 is 0 Å². The van der Waals surface area contributed by atoms with Crippen molar-refractivity contribution in [1.29, 1.82) is 0 Å². The van der Waals surface area contributed by atoms with E-state index in [1.54, 1.807) is 16.7 Å². The number of benzene rings is 2. The van der Waals surface area contributed by atoms with Crippen LogP contribution >= 0.6 is 11.8 Å². The zero-order valence-electron chi connectivity index (χ0n) is 18.6. The van der Waals surface area contributed by atoms with E-state index in [0.29, 0.717) is 17.5 Å². The van der Waals surface area contributed by atoms with E-state index in [0.717, 1.165) is 23.2 Å². The Morgan fingerprint density at radius 3 is 2.70 bits per heavy atom. The van der Waals surface area contributed by atoms with Crippen LogP contribution in [0.3, 0.4) is 0 Å². The lowest BCUT2D eigenvalue weighted by Crippen LogP contribution is -2.25. The SMILES string of the molecule is C=CCn1c(CNC(=O)c2ccccc2F)nnc1SCC(=O)Nc1c(C)cccc1CC. The van der Waals surface area contributed by atoms with Gasteiger partial charge in [-0.15, -0.1) is 16.8 Å². The second kappa shape index (κ2) is 11.4. The van der Waals surface area contributed by atoms with Crippen molar-refractivity contribution < 1.29 is 14.0 Å². The van der Waals surface area contributed by atoms with Crippen LogP contribution in [0.25, 0.3) is 0 Å². The van der Waals surface area contributed by atoms with Crippen molar-refractivity contribution in [1.82, 2.24) is 20.1 Å². The normalized spacial score (nSPS) is 10.6. The molecule has 7 nitrogen and oxygen atoms in total. The quantitative estimate of drug-likeness (QED) is 0.346. The van der Waals surface area contributed by atoms with Crippen molar-refractivity contribution in [2.75, 3.05) is 11.1 Å². The third-order valence-corrected chi connectivity index (χ3v) is 5.93. The number of rotatable bonds is 10. The highest BCUT2D eigenvalue weighted by molar-refractivity contribution is 7.99. The van der Waals surface area contributed by atoms with Crippen molar-refractivity contribution in [3.8, 4) is 0 Å². The van der Waals surface area contributed by atoms with Gasteiger partial charge in [-0.3, -0.25) is 9.59 Å². The highest BCUT2D eigenvalue weighted by Crippen LogP contribution is 2.23. The van der Waals surface area contributed by atoms with Gasteiger partial charge in [0, 0.05) is 12.2 Å². The highest BCUT2D eigenvalue weighted by Gasteiger charge is 2.17. The standard InChI is InChI=1S/C24H26FN5O2S/c1-4-13-30-20(14-26-23(32)18-11-6-7-12-19(18)25)28-29-24(30)33-15-21(31)27-22-16(3)9-8-10-17(22)5-2/h4,6-12H,1,5,13-15H2,2-3H3,(H,26,32)(H,27,31). The first-order chi connectivity index (χ1) is 15.9. The number of hydrogen-bond acceptors (Lipinski definition) is 5. The number of halogens is 1. The second-order valence-electron chi connectivity index (χ2n) is 7.26. The number of allylic oxidation sites excluding steroid dienone is 1. The number of nitrogens with zero attached hydrogens (tertiary/aromatic N) is 3. The molecular formula is C24H26FN5O2S. The predicted molar refractivity (Wildman–Crippen MR) is 128 cm³/mol. The lowest BCUT2D eigenvalue weighted by molar-refractivity contribution is -0.113. The van der Waals surface area contributed by atoms with E-state index in [9.17, 15) is 14.0 Å². The number of aromatic nitrogens is 3. The summed E-state index contributed by atoms with van der Waals surface area (Å²) in [5.41, 5.74) is 2.89. The van der Waals surface area contributed by atoms with Crippen molar-refractivity contribution >= 4 is 29.3 Å². The molecule has 1 heterocycles. The van der Waals surface area contributed by atoms with Gasteiger partial charge < -0.3 is 15.2 Å². The van der Waals surface area contributed by atoms with Crippen LogP contribution in [0.15, 0.2) is 60.3 Å². The molecule has 2 aromatic carbocycles. The molecule has 2 N–H and O–H groups in total. The molecule has 0 aliphatic heterocycles. The summed E-state index contributed by atoms with van der Waals surface area (Å²) in [7, 11) is 0. The molecule has 9 heteroatoms. The summed E-state index contributed by atoms with van der Waals surface area (Å²) >= 11 is 1.24. The van der Waals surface area contributed by atoms with Crippen LogP contribution in [0.2, 0.25) is 0 Å². The van der Waals surface area contributed by atoms with Gasteiger partial charge in [-0.1, -0.05) is 55.1 Å². The fourth-order valence-electron chi connectivity index (χ4n) is 3.28. The van der Waals surface area contributed by atoms with Crippen LogP contribution < -0.4 is 10.6 Å². The molecule has 0 aliphatic rings. The number of hydrogen-bond donors (Lipinski definition) is 2. The van der Waals surface area contributed by atoms with Crippen LogP contribution in [0.1, 0.15) is 34.2 Å². The van der Waals surface area contributed by atoms with Crippen LogP contribution in [-0.4, -0.2) is 32.3 Å². The summed E-state index contributed by atoms with van der Waals surface area (Å²) in [5.74, 6) is -0.653. The molecule has 33 heavy (non-hydrogen) atoms. The molecule has 0 saturated heterocycles. The molecule has 0 saturated carbocycles. The van der Waals surface area contributed by atoms with Gasteiger partial charge in [-0.25, -0.2) is 4.39 Å². The topological polar surface area (TPSA) is 88.9 Å². The lowest BCUT2D eigenvalue weighted by atomic mass is 10.1. The maximum absolute atomic E-state index is 13.8. The minimum Gasteiger partial charge on any atom is -0.345 e. The fourth-order valence-corrected chi connectivity index (χ4v) is 4.04. The molecule has 0 aliphatic carbocycles.